The molecule has 27 heavy (non-hydrogen) atoms. The number of nitrogens with one attached hydrogen (secondary N) is 1. The van der Waals surface area contributed by atoms with Gasteiger partial charge in [0.2, 0.25) is 0 Å². The lowest BCUT2D eigenvalue weighted by atomic mass is 9.98. The number of nitrogens with zero attached hydrogens (tertiary/aromatic N) is 1. The number of nitriles is 1. The Hall–Kier alpha value is -3.13. The number of hydrogen-bond acceptors (Lipinski definition) is 4. The van der Waals surface area contributed by atoms with Crippen molar-refractivity contribution in [1.29, 1.82) is 5.26 Å². The van der Waals surface area contributed by atoms with Gasteiger partial charge in [-0.3, -0.25) is 4.79 Å². The molecular formula is C22H22N2O3. The smallest absolute Gasteiger partial charge is 0.338 e. The van der Waals surface area contributed by atoms with Gasteiger partial charge in [0.15, 0.2) is 6.61 Å². The Morgan fingerprint density at radius 2 is 1.81 bits per heavy atom. The lowest BCUT2D eigenvalue weighted by Gasteiger charge is -2.22. The molecule has 0 heterocycles. The van der Waals surface area contributed by atoms with Crippen molar-refractivity contribution in [1.82, 2.24) is 5.32 Å². The van der Waals surface area contributed by atoms with Crippen LogP contribution in [0.25, 0.3) is 0 Å². The molecule has 2 aromatic rings. The minimum Gasteiger partial charge on any atom is -0.452 e. The molecule has 5 heteroatoms. The molecular weight excluding hydrogens is 340 g/mol. The number of amides is 1. The van der Waals surface area contributed by atoms with Crippen molar-refractivity contribution >= 4 is 11.9 Å². The van der Waals surface area contributed by atoms with Crippen LogP contribution in [0.2, 0.25) is 0 Å². The van der Waals surface area contributed by atoms with Gasteiger partial charge in [0.25, 0.3) is 5.91 Å². The van der Waals surface area contributed by atoms with E-state index in [-0.39, 0.29) is 5.92 Å². The molecule has 1 aliphatic carbocycles. The molecule has 0 saturated heterocycles. The van der Waals surface area contributed by atoms with Gasteiger partial charge in [0.1, 0.15) is 5.54 Å². The van der Waals surface area contributed by atoms with Gasteiger partial charge in [-0.2, -0.15) is 5.26 Å². The molecule has 1 atom stereocenters. The van der Waals surface area contributed by atoms with Crippen molar-refractivity contribution in [2.45, 2.75) is 31.7 Å². The number of esters is 1. The van der Waals surface area contributed by atoms with Gasteiger partial charge in [-0.25, -0.2) is 4.79 Å². The van der Waals surface area contributed by atoms with E-state index in [1.54, 1.807) is 19.1 Å². The Morgan fingerprint density at radius 1 is 1.15 bits per heavy atom. The minimum atomic E-state index is -0.894. The van der Waals surface area contributed by atoms with E-state index in [1.165, 1.54) is 0 Å². The molecule has 0 aromatic heterocycles. The Morgan fingerprint density at radius 3 is 2.48 bits per heavy atom. The zero-order valence-corrected chi connectivity index (χ0v) is 15.3. The van der Waals surface area contributed by atoms with Gasteiger partial charge in [-0.15, -0.1) is 0 Å². The minimum absolute atomic E-state index is 0.175. The van der Waals surface area contributed by atoms with Crippen molar-refractivity contribution < 1.29 is 14.3 Å². The summed E-state index contributed by atoms with van der Waals surface area (Å²) < 4.78 is 5.20. The zero-order chi connectivity index (χ0) is 19.3. The number of hydrogen-bond donors (Lipinski definition) is 1. The lowest BCUT2D eigenvalue weighted by molar-refractivity contribution is -0.125. The van der Waals surface area contributed by atoms with Gasteiger partial charge < -0.3 is 10.1 Å². The molecule has 1 amide bonds. The molecule has 3 rings (SSSR count). The average molecular weight is 362 g/mol. The van der Waals surface area contributed by atoms with Crippen LogP contribution in [0, 0.1) is 17.2 Å². The predicted molar refractivity (Wildman–Crippen MR) is 101 cm³/mol. The summed E-state index contributed by atoms with van der Waals surface area (Å²) in [4.78, 5) is 24.6. The first-order valence-electron chi connectivity index (χ1n) is 9.03. The third-order valence-corrected chi connectivity index (χ3v) is 4.83. The third kappa shape index (κ3) is 4.73. The van der Waals surface area contributed by atoms with Crippen LogP contribution in [0.5, 0.6) is 0 Å². The molecule has 0 bridgehead atoms. The number of carbonyl (C=O) groups is 2. The van der Waals surface area contributed by atoms with Crippen molar-refractivity contribution in [3.8, 4) is 6.07 Å². The first-order valence-corrected chi connectivity index (χ1v) is 9.03. The van der Waals surface area contributed by atoms with Gasteiger partial charge in [0.05, 0.1) is 11.6 Å². The summed E-state index contributed by atoms with van der Waals surface area (Å²) in [5, 5.41) is 12.0. The van der Waals surface area contributed by atoms with Crippen LogP contribution in [0.3, 0.4) is 0 Å². The van der Waals surface area contributed by atoms with Gasteiger partial charge >= 0.3 is 5.97 Å². The van der Waals surface area contributed by atoms with Crippen molar-refractivity contribution in [2.75, 3.05) is 6.61 Å². The maximum absolute atomic E-state index is 12.5. The second-order valence-corrected chi connectivity index (χ2v) is 7.03. The van der Waals surface area contributed by atoms with E-state index >= 15 is 0 Å². The molecule has 0 unspecified atom stereocenters. The lowest BCUT2D eigenvalue weighted by Crippen LogP contribution is -2.48. The van der Waals surface area contributed by atoms with E-state index in [9.17, 15) is 14.9 Å². The van der Waals surface area contributed by atoms with Crippen LogP contribution in [0.15, 0.2) is 54.6 Å². The normalized spacial score (nSPS) is 15.3. The first kappa shape index (κ1) is 18.7. The SMILES string of the molecule is C[C@](C#N)(NC(=O)COC(=O)c1ccccc1Cc1ccccc1)C1CC1. The molecule has 2 aromatic carbocycles. The summed E-state index contributed by atoms with van der Waals surface area (Å²) in [7, 11) is 0. The highest BCUT2D eigenvalue weighted by Gasteiger charge is 2.43. The Balaban J connectivity index is 1.61. The maximum Gasteiger partial charge on any atom is 0.338 e. The average Bonchev–Trinajstić information content (AvgIpc) is 3.53. The van der Waals surface area contributed by atoms with Crippen LogP contribution in [0.4, 0.5) is 0 Å². The Bertz CT molecular complexity index is 869. The van der Waals surface area contributed by atoms with E-state index in [2.05, 4.69) is 11.4 Å². The largest absolute Gasteiger partial charge is 0.452 e. The van der Waals surface area contributed by atoms with Gasteiger partial charge in [0, 0.05) is 0 Å². The van der Waals surface area contributed by atoms with E-state index in [0.717, 1.165) is 24.0 Å². The summed E-state index contributed by atoms with van der Waals surface area (Å²) in [6, 6.07) is 19.2. The second kappa shape index (κ2) is 8.05. The molecule has 1 N–H and O–H groups in total. The van der Waals surface area contributed by atoms with E-state index < -0.39 is 24.0 Å². The van der Waals surface area contributed by atoms with Crippen LogP contribution in [0.1, 0.15) is 41.3 Å². The summed E-state index contributed by atoms with van der Waals surface area (Å²) in [5.74, 6) is -0.824. The summed E-state index contributed by atoms with van der Waals surface area (Å²) in [6.45, 7) is 1.31. The fourth-order valence-electron chi connectivity index (χ4n) is 3.11. The number of benzene rings is 2. The Labute approximate surface area is 159 Å². The number of ether oxygens (including phenoxy) is 1. The third-order valence-electron chi connectivity index (χ3n) is 4.83. The van der Waals surface area contributed by atoms with Gasteiger partial charge in [-0.05, 0) is 49.3 Å². The number of carbonyl (C=O) groups excluding carboxylic acids is 2. The van der Waals surface area contributed by atoms with Gasteiger partial charge in [-0.1, -0.05) is 48.5 Å². The highest BCUT2D eigenvalue weighted by Crippen LogP contribution is 2.39. The molecule has 5 nitrogen and oxygen atoms in total. The molecule has 0 aliphatic heterocycles. The summed E-state index contributed by atoms with van der Waals surface area (Å²) >= 11 is 0. The molecule has 1 saturated carbocycles. The van der Waals surface area contributed by atoms with Crippen molar-refractivity contribution in [3.63, 3.8) is 0 Å². The van der Waals surface area contributed by atoms with Crippen LogP contribution >= 0.6 is 0 Å². The highest BCUT2D eigenvalue weighted by atomic mass is 16.5. The molecule has 0 radical (unpaired) electrons. The maximum atomic E-state index is 12.5. The number of rotatable bonds is 7. The topological polar surface area (TPSA) is 79.2 Å². The summed E-state index contributed by atoms with van der Waals surface area (Å²) in [5.41, 5.74) is 1.48. The monoisotopic (exact) mass is 362 g/mol. The summed E-state index contributed by atoms with van der Waals surface area (Å²) in [6.07, 6.45) is 2.46. The fourth-order valence-corrected chi connectivity index (χ4v) is 3.11. The molecule has 1 fully saturated rings. The zero-order valence-electron chi connectivity index (χ0n) is 15.3. The van der Waals surface area contributed by atoms with E-state index in [0.29, 0.717) is 12.0 Å². The highest BCUT2D eigenvalue weighted by molar-refractivity contribution is 5.93. The molecule has 138 valence electrons. The molecule has 0 spiro atoms. The second-order valence-electron chi connectivity index (χ2n) is 7.03. The standard InChI is InChI=1S/C22H22N2O3/c1-22(15-23,18-11-12-18)24-20(25)14-27-21(26)19-10-6-5-9-17(19)13-16-7-3-2-4-8-16/h2-10,18H,11-14H2,1H3,(H,24,25)/t22-/m1/s1. The first-order chi connectivity index (χ1) is 13.0. The van der Waals surface area contributed by atoms with Crippen LogP contribution in [-0.2, 0) is 16.0 Å². The van der Waals surface area contributed by atoms with Crippen molar-refractivity contribution in [3.05, 3.63) is 71.3 Å². The quantitative estimate of drug-likeness (QED) is 0.767. The van der Waals surface area contributed by atoms with Crippen LogP contribution < -0.4 is 5.32 Å². The van der Waals surface area contributed by atoms with Crippen molar-refractivity contribution in [2.24, 2.45) is 5.92 Å². The van der Waals surface area contributed by atoms with E-state index in [4.69, 9.17) is 4.74 Å². The molecule has 1 aliphatic rings. The predicted octanol–water partition coefficient (Wildman–Crippen LogP) is 3.24. The Kier molecular flexibility index (Phi) is 5.56. The fraction of sp³-hybridized carbons (Fsp3) is 0.318. The van der Waals surface area contributed by atoms with Crippen LogP contribution in [-0.4, -0.2) is 24.0 Å². The van der Waals surface area contributed by atoms with E-state index in [1.807, 2.05) is 42.5 Å².